The van der Waals surface area contributed by atoms with E-state index >= 15 is 0 Å². The number of anilines is 8. The minimum atomic E-state index is -4.83. The van der Waals surface area contributed by atoms with Crippen LogP contribution in [-0.2, 0) is 20.2 Å². The van der Waals surface area contributed by atoms with E-state index in [0.29, 0.717) is 13.1 Å². The van der Waals surface area contributed by atoms with E-state index in [1.54, 1.807) is 12.2 Å². The first kappa shape index (κ1) is 39.0. The zero-order valence-corrected chi connectivity index (χ0v) is 29.0. The van der Waals surface area contributed by atoms with Crippen molar-refractivity contribution >= 4 is 79.5 Å². The predicted octanol–water partition coefficient (Wildman–Crippen LogP) is 2.21. The van der Waals surface area contributed by atoms with Crippen LogP contribution in [0, 0.1) is 0 Å². The van der Waals surface area contributed by atoms with Gasteiger partial charge in [-0.15, -0.1) is 13.2 Å². The van der Waals surface area contributed by atoms with Crippen molar-refractivity contribution in [2.45, 2.75) is 9.79 Å². The van der Waals surface area contributed by atoms with Crippen molar-refractivity contribution in [2.24, 2.45) is 0 Å². The first-order valence-corrected chi connectivity index (χ1v) is 18.1. The number of hydrogen-bond acceptors (Lipinski definition) is 18. The van der Waals surface area contributed by atoms with Crippen molar-refractivity contribution in [3.8, 4) is 0 Å². The Labute approximate surface area is 298 Å². The predicted molar refractivity (Wildman–Crippen MR) is 196 cm³/mol. The van der Waals surface area contributed by atoms with Crippen LogP contribution in [0.5, 0.6) is 0 Å². The molecule has 2 heterocycles. The van der Waals surface area contributed by atoms with Gasteiger partial charge in [0.2, 0.25) is 35.7 Å². The number of rotatable bonds is 20. The van der Waals surface area contributed by atoms with E-state index in [1.807, 2.05) is 0 Å². The molecule has 0 saturated heterocycles. The number of aliphatic hydroxyl groups is 2. The molecule has 22 heteroatoms. The quantitative estimate of drug-likeness (QED) is 0.0351. The molecule has 0 fully saturated rings. The molecule has 0 radical (unpaired) electrons. The summed E-state index contributed by atoms with van der Waals surface area (Å²) in [6.45, 7) is 7.82. The maximum atomic E-state index is 12.4. The van der Waals surface area contributed by atoms with E-state index in [-0.39, 0.29) is 84.5 Å². The largest absolute Gasteiger partial charge is 0.395 e. The highest BCUT2D eigenvalue weighted by Gasteiger charge is 2.19. The Balaban J connectivity index is 1.65. The molecule has 2 aromatic carbocycles. The second-order valence-electron chi connectivity index (χ2n) is 10.3. The van der Waals surface area contributed by atoms with E-state index in [2.05, 4.69) is 75.0 Å². The summed E-state index contributed by atoms with van der Waals surface area (Å²) in [6, 6.07) is 7.84. The lowest BCUT2D eigenvalue weighted by molar-refractivity contribution is 0.310. The van der Waals surface area contributed by atoms with Crippen LogP contribution < -0.4 is 31.9 Å². The molecule has 0 saturated carbocycles. The fourth-order valence-electron chi connectivity index (χ4n) is 4.23. The molecule has 0 atom stereocenters. The van der Waals surface area contributed by atoms with Crippen LogP contribution in [0.15, 0.2) is 71.5 Å². The minimum absolute atomic E-state index is 0.00265. The lowest BCUT2D eigenvalue weighted by Crippen LogP contribution is -2.13. The standard InChI is InChI=1S/C30H36N12O8S2/c1-3-11-31-25-37-27(33-13-15-43)41-29(39-25)35-21-9-7-19(23(17-21)51(45,46)47)5-6-20-8-10-22(18-24(20)52(48,49)50)36-30-40-26(32-12-4-2)38-28(42-30)34-14-16-44/h3-10,17-18,43-44H,1-2,11-16H2,(H,45,46,47)(H,48,49,50)(H3,31,33,35,37,39,41)(H3,32,34,36,38,40,42)/b6-5+. The molecule has 0 amide bonds. The van der Waals surface area contributed by atoms with Gasteiger partial charge in [-0.05, 0) is 35.4 Å². The Kier molecular flexibility index (Phi) is 13.5. The fraction of sp³-hybridized carbons (Fsp3) is 0.200. The van der Waals surface area contributed by atoms with Crippen molar-refractivity contribution in [1.29, 1.82) is 0 Å². The summed E-state index contributed by atoms with van der Waals surface area (Å²) in [7, 11) is -9.65. The molecular formula is C30H36N12O8S2. The van der Waals surface area contributed by atoms with Gasteiger partial charge in [0.15, 0.2) is 0 Å². The normalized spacial score (nSPS) is 11.5. The highest BCUT2D eigenvalue weighted by molar-refractivity contribution is 7.86. The van der Waals surface area contributed by atoms with Crippen LogP contribution in [0.25, 0.3) is 12.2 Å². The van der Waals surface area contributed by atoms with Crippen LogP contribution in [0.4, 0.5) is 47.1 Å². The number of nitrogens with zero attached hydrogens (tertiary/aromatic N) is 6. The third kappa shape index (κ3) is 11.4. The van der Waals surface area contributed by atoms with Crippen molar-refractivity contribution in [2.75, 3.05) is 71.3 Å². The molecule has 20 nitrogen and oxygen atoms in total. The lowest BCUT2D eigenvalue weighted by atomic mass is 10.1. The molecule has 2 aromatic heterocycles. The Bertz CT molecular complexity index is 2000. The van der Waals surface area contributed by atoms with E-state index < -0.39 is 30.0 Å². The monoisotopic (exact) mass is 756 g/mol. The summed E-state index contributed by atoms with van der Waals surface area (Å²) in [5.74, 6) is 0.529. The summed E-state index contributed by atoms with van der Waals surface area (Å²) >= 11 is 0. The van der Waals surface area contributed by atoms with Crippen molar-refractivity contribution in [3.05, 3.63) is 72.8 Å². The molecular weight excluding hydrogens is 721 g/mol. The number of nitrogens with one attached hydrogen (secondary N) is 6. The smallest absolute Gasteiger partial charge is 0.295 e. The zero-order valence-electron chi connectivity index (χ0n) is 27.4. The second-order valence-corrected chi connectivity index (χ2v) is 13.1. The topological polar surface area (TPSA) is 299 Å². The van der Waals surface area contributed by atoms with Gasteiger partial charge in [-0.2, -0.15) is 46.7 Å². The highest BCUT2D eigenvalue weighted by Crippen LogP contribution is 2.28. The highest BCUT2D eigenvalue weighted by atomic mass is 32.2. The maximum absolute atomic E-state index is 12.4. The molecule has 0 aliphatic rings. The van der Waals surface area contributed by atoms with E-state index in [1.165, 1.54) is 36.4 Å². The van der Waals surface area contributed by atoms with Gasteiger partial charge in [-0.1, -0.05) is 36.4 Å². The molecule has 52 heavy (non-hydrogen) atoms. The molecule has 4 rings (SSSR count). The number of benzene rings is 2. The first-order chi connectivity index (χ1) is 24.8. The Morgan fingerprint density at radius 1 is 0.558 bits per heavy atom. The van der Waals surface area contributed by atoms with Gasteiger partial charge in [0, 0.05) is 37.6 Å². The van der Waals surface area contributed by atoms with Gasteiger partial charge in [-0.25, -0.2) is 0 Å². The molecule has 10 N–H and O–H groups in total. The lowest BCUT2D eigenvalue weighted by Gasteiger charge is -2.12. The van der Waals surface area contributed by atoms with Crippen LogP contribution in [-0.4, -0.2) is 105 Å². The van der Waals surface area contributed by atoms with Crippen LogP contribution in [0.3, 0.4) is 0 Å². The minimum Gasteiger partial charge on any atom is -0.395 e. The molecule has 0 bridgehead atoms. The molecule has 0 aliphatic carbocycles. The van der Waals surface area contributed by atoms with Crippen LogP contribution in [0.2, 0.25) is 0 Å². The summed E-state index contributed by atoms with van der Waals surface area (Å²) in [6.07, 6.45) is 5.64. The molecule has 0 unspecified atom stereocenters. The number of aliphatic hydroxyl groups excluding tert-OH is 2. The number of aromatic nitrogens is 6. The number of hydrogen-bond donors (Lipinski definition) is 10. The molecule has 4 aromatic rings. The summed E-state index contributed by atoms with van der Waals surface area (Å²) in [5.41, 5.74) is 0.254. The van der Waals surface area contributed by atoms with Crippen molar-refractivity contribution in [1.82, 2.24) is 29.9 Å². The van der Waals surface area contributed by atoms with Gasteiger partial charge in [0.25, 0.3) is 20.2 Å². The fourth-order valence-corrected chi connectivity index (χ4v) is 5.65. The van der Waals surface area contributed by atoms with E-state index in [9.17, 15) is 25.9 Å². The third-order valence-electron chi connectivity index (χ3n) is 6.41. The van der Waals surface area contributed by atoms with Crippen LogP contribution in [0.1, 0.15) is 11.1 Å². The molecule has 0 aliphatic heterocycles. The van der Waals surface area contributed by atoms with Gasteiger partial charge in [0.1, 0.15) is 9.79 Å². The Hall–Kier alpha value is -5.78. The van der Waals surface area contributed by atoms with Crippen LogP contribution >= 0.6 is 0 Å². The van der Waals surface area contributed by atoms with Gasteiger partial charge in [-0.3, -0.25) is 9.11 Å². The molecule has 0 spiro atoms. The summed E-state index contributed by atoms with van der Waals surface area (Å²) in [5, 5.41) is 35.4. The van der Waals surface area contributed by atoms with Crippen molar-refractivity contribution in [3.63, 3.8) is 0 Å². The third-order valence-corrected chi connectivity index (χ3v) is 8.23. The second kappa shape index (κ2) is 17.9. The van der Waals surface area contributed by atoms with E-state index in [0.717, 1.165) is 12.1 Å². The summed E-state index contributed by atoms with van der Waals surface area (Å²) in [4.78, 5) is 24.1. The summed E-state index contributed by atoms with van der Waals surface area (Å²) < 4.78 is 69.9. The Morgan fingerprint density at radius 2 is 0.904 bits per heavy atom. The van der Waals surface area contributed by atoms with Gasteiger partial charge < -0.3 is 42.1 Å². The van der Waals surface area contributed by atoms with Gasteiger partial charge >= 0.3 is 0 Å². The SMILES string of the molecule is C=CCNc1nc(NCCO)nc(Nc2ccc(/C=C/c3ccc(Nc4nc(NCC=C)nc(NCCO)n4)cc3S(=O)(=O)O)c(S(=O)(=O)O)c2)n1. The van der Waals surface area contributed by atoms with Gasteiger partial charge in [0.05, 0.1) is 13.2 Å². The van der Waals surface area contributed by atoms with Crippen molar-refractivity contribution < 1.29 is 36.2 Å². The van der Waals surface area contributed by atoms with E-state index in [4.69, 9.17) is 10.2 Å². The average Bonchev–Trinajstić information content (AvgIpc) is 3.10. The first-order valence-electron chi connectivity index (χ1n) is 15.2. The average molecular weight is 757 g/mol. The Morgan fingerprint density at radius 3 is 1.23 bits per heavy atom. The maximum Gasteiger partial charge on any atom is 0.295 e. The molecule has 276 valence electrons. The zero-order chi connectivity index (χ0) is 37.7.